The second-order valence-corrected chi connectivity index (χ2v) is 5.50. The molecule has 0 aliphatic carbocycles. The van der Waals surface area contributed by atoms with Gasteiger partial charge in [-0.2, -0.15) is 0 Å². The average molecular weight is 242 g/mol. The van der Waals surface area contributed by atoms with Crippen LogP contribution in [0, 0.1) is 0 Å². The highest BCUT2D eigenvalue weighted by Gasteiger charge is 2.16. The summed E-state index contributed by atoms with van der Waals surface area (Å²) in [6, 6.07) is 6.62. The molecular weight excluding hydrogens is 224 g/mol. The van der Waals surface area contributed by atoms with E-state index >= 15 is 0 Å². The van der Waals surface area contributed by atoms with Gasteiger partial charge < -0.3 is 5.73 Å². The minimum absolute atomic E-state index is 0.0634. The summed E-state index contributed by atoms with van der Waals surface area (Å²) in [4.78, 5) is 0.274. The molecule has 0 saturated heterocycles. The van der Waals surface area contributed by atoms with Gasteiger partial charge >= 0.3 is 0 Å². The van der Waals surface area contributed by atoms with Crippen molar-refractivity contribution in [3.63, 3.8) is 0 Å². The van der Waals surface area contributed by atoms with Crippen LogP contribution in [0.15, 0.2) is 29.2 Å². The lowest BCUT2D eigenvalue weighted by atomic mass is 10.2. The van der Waals surface area contributed by atoms with Gasteiger partial charge in [0.05, 0.1) is 4.90 Å². The Kier molecular flexibility index (Phi) is 4.46. The maximum absolute atomic E-state index is 11.9. The molecule has 1 unspecified atom stereocenters. The zero-order chi connectivity index (χ0) is 12.2. The summed E-state index contributed by atoms with van der Waals surface area (Å²) >= 11 is 0. The molecule has 3 N–H and O–H groups in total. The van der Waals surface area contributed by atoms with E-state index in [1.807, 2.05) is 19.9 Å². The summed E-state index contributed by atoms with van der Waals surface area (Å²) in [5.74, 6) is 0. The highest BCUT2D eigenvalue weighted by atomic mass is 32.2. The lowest BCUT2D eigenvalue weighted by molar-refractivity contribution is 0.555. The summed E-state index contributed by atoms with van der Waals surface area (Å²) in [6.45, 7) is 4.11. The zero-order valence-electron chi connectivity index (χ0n) is 9.60. The van der Waals surface area contributed by atoms with Gasteiger partial charge in [0.2, 0.25) is 10.0 Å². The Balaban J connectivity index is 2.98. The van der Waals surface area contributed by atoms with E-state index in [1.54, 1.807) is 18.2 Å². The van der Waals surface area contributed by atoms with Crippen molar-refractivity contribution < 1.29 is 8.42 Å². The minimum Gasteiger partial charge on any atom is -0.326 e. The Hall–Kier alpha value is -0.910. The summed E-state index contributed by atoms with van der Waals surface area (Å²) in [5.41, 5.74) is 6.29. The van der Waals surface area contributed by atoms with E-state index in [0.717, 1.165) is 12.0 Å². The molecule has 0 aliphatic rings. The first-order valence-electron chi connectivity index (χ1n) is 5.31. The van der Waals surface area contributed by atoms with Gasteiger partial charge in [-0.3, -0.25) is 0 Å². The molecule has 1 aromatic rings. The maximum Gasteiger partial charge on any atom is 0.240 e. The third-order valence-corrected chi connectivity index (χ3v) is 4.00. The smallest absolute Gasteiger partial charge is 0.240 e. The van der Waals surface area contributed by atoms with E-state index in [0.29, 0.717) is 6.54 Å². The fourth-order valence-electron chi connectivity index (χ4n) is 1.26. The maximum atomic E-state index is 11.9. The Bertz CT molecular complexity index is 443. The molecule has 0 amide bonds. The van der Waals surface area contributed by atoms with Gasteiger partial charge in [-0.15, -0.1) is 0 Å². The van der Waals surface area contributed by atoms with E-state index in [2.05, 4.69) is 4.72 Å². The SMILES string of the molecule is CCC(C)NS(=O)(=O)c1cccc(CN)c1. The van der Waals surface area contributed by atoms with Crippen molar-refractivity contribution in [3.8, 4) is 0 Å². The highest BCUT2D eigenvalue weighted by Crippen LogP contribution is 2.12. The van der Waals surface area contributed by atoms with Gasteiger partial charge in [-0.25, -0.2) is 13.1 Å². The third kappa shape index (κ3) is 3.30. The molecular formula is C11H18N2O2S. The second kappa shape index (κ2) is 5.43. The van der Waals surface area contributed by atoms with Crippen molar-refractivity contribution in [1.29, 1.82) is 0 Å². The van der Waals surface area contributed by atoms with Crippen LogP contribution in [-0.2, 0) is 16.6 Å². The van der Waals surface area contributed by atoms with Gasteiger partial charge in [0.15, 0.2) is 0 Å². The van der Waals surface area contributed by atoms with Crippen LogP contribution in [0.2, 0.25) is 0 Å². The molecule has 0 saturated carbocycles. The first kappa shape index (κ1) is 13.2. The summed E-state index contributed by atoms with van der Waals surface area (Å²) < 4.78 is 26.4. The number of benzene rings is 1. The van der Waals surface area contributed by atoms with Crippen LogP contribution >= 0.6 is 0 Å². The van der Waals surface area contributed by atoms with Gasteiger partial charge in [0.25, 0.3) is 0 Å². The number of hydrogen-bond acceptors (Lipinski definition) is 3. The van der Waals surface area contributed by atoms with Crippen LogP contribution < -0.4 is 10.5 Å². The van der Waals surface area contributed by atoms with Crippen molar-refractivity contribution >= 4 is 10.0 Å². The van der Waals surface area contributed by atoms with Crippen molar-refractivity contribution in [2.24, 2.45) is 5.73 Å². The van der Waals surface area contributed by atoms with Gasteiger partial charge in [-0.05, 0) is 31.0 Å². The predicted octanol–water partition coefficient (Wildman–Crippen LogP) is 1.22. The summed E-state index contributed by atoms with van der Waals surface area (Å²) in [6.07, 6.45) is 0.760. The molecule has 0 aromatic heterocycles. The van der Waals surface area contributed by atoms with Crippen molar-refractivity contribution in [1.82, 2.24) is 4.72 Å². The number of nitrogens with one attached hydrogen (secondary N) is 1. The van der Waals surface area contributed by atoms with Crippen LogP contribution in [0.25, 0.3) is 0 Å². The van der Waals surface area contributed by atoms with Gasteiger partial charge in [-0.1, -0.05) is 19.1 Å². The van der Waals surface area contributed by atoms with Crippen LogP contribution in [-0.4, -0.2) is 14.5 Å². The molecule has 5 heteroatoms. The Morgan fingerprint density at radius 2 is 2.12 bits per heavy atom. The fourth-order valence-corrected chi connectivity index (χ4v) is 2.65. The first-order valence-corrected chi connectivity index (χ1v) is 6.79. The molecule has 0 spiro atoms. The van der Waals surface area contributed by atoms with E-state index in [-0.39, 0.29) is 10.9 Å². The number of rotatable bonds is 5. The second-order valence-electron chi connectivity index (χ2n) is 3.78. The molecule has 0 heterocycles. The topological polar surface area (TPSA) is 72.2 Å². The minimum atomic E-state index is -3.41. The third-order valence-electron chi connectivity index (χ3n) is 2.41. The van der Waals surface area contributed by atoms with E-state index in [4.69, 9.17) is 5.73 Å². The van der Waals surface area contributed by atoms with E-state index in [1.165, 1.54) is 0 Å². The normalized spacial score (nSPS) is 13.7. The monoisotopic (exact) mass is 242 g/mol. The molecule has 0 fully saturated rings. The standard InChI is InChI=1S/C11H18N2O2S/c1-3-9(2)13-16(14,15)11-6-4-5-10(7-11)8-12/h4-7,9,13H,3,8,12H2,1-2H3. The van der Waals surface area contributed by atoms with Crippen molar-refractivity contribution in [3.05, 3.63) is 29.8 Å². The lowest BCUT2D eigenvalue weighted by Crippen LogP contribution is -2.32. The molecule has 4 nitrogen and oxygen atoms in total. The quantitative estimate of drug-likeness (QED) is 0.815. The largest absolute Gasteiger partial charge is 0.326 e. The fraction of sp³-hybridized carbons (Fsp3) is 0.455. The highest BCUT2D eigenvalue weighted by molar-refractivity contribution is 7.89. The zero-order valence-corrected chi connectivity index (χ0v) is 10.4. The molecule has 0 radical (unpaired) electrons. The average Bonchev–Trinajstić information content (AvgIpc) is 2.28. The first-order chi connectivity index (χ1) is 7.49. The molecule has 1 aromatic carbocycles. The van der Waals surface area contributed by atoms with Crippen LogP contribution in [0.5, 0.6) is 0 Å². The van der Waals surface area contributed by atoms with E-state index < -0.39 is 10.0 Å². The predicted molar refractivity (Wildman–Crippen MR) is 64.4 cm³/mol. The molecule has 1 atom stereocenters. The molecule has 90 valence electrons. The number of nitrogens with two attached hydrogens (primary N) is 1. The van der Waals surface area contributed by atoms with Crippen LogP contribution in [0.4, 0.5) is 0 Å². The van der Waals surface area contributed by atoms with Gasteiger partial charge in [0, 0.05) is 12.6 Å². The van der Waals surface area contributed by atoms with Crippen LogP contribution in [0.3, 0.4) is 0 Å². The Morgan fingerprint density at radius 3 is 2.69 bits per heavy atom. The van der Waals surface area contributed by atoms with Crippen molar-refractivity contribution in [2.45, 2.75) is 37.8 Å². The molecule has 1 rings (SSSR count). The molecule has 0 bridgehead atoms. The van der Waals surface area contributed by atoms with Crippen LogP contribution in [0.1, 0.15) is 25.8 Å². The summed E-state index contributed by atoms with van der Waals surface area (Å²) in [5, 5.41) is 0. The molecule has 16 heavy (non-hydrogen) atoms. The Morgan fingerprint density at radius 1 is 1.44 bits per heavy atom. The number of hydrogen-bond donors (Lipinski definition) is 2. The van der Waals surface area contributed by atoms with Gasteiger partial charge in [0.1, 0.15) is 0 Å². The number of sulfonamides is 1. The van der Waals surface area contributed by atoms with E-state index in [9.17, 15) is 8.42 Å². The summed E-state index contributed by atoms with van der Waals surface area (Å²) in [7, 11) is -3.41. The lowest BCUT2D eigenvalue weighted by Gasteiger charge is -2.12. The molecule has 0 aliphatic heterocycles. The Labute approximate surface area is 96.9 Å². The van der Waals surface area contributed by atoms with Crippen molar-refractivity contribution in [2.75, 3.05) is 0 Å².